The summed E-state index contributed by atoms with van der Waals surface area (Å²) < 4.78 is 0. The van der Waals surface area contributed by atoms with Crippen LogP contribution in [0.15, 0.2) is 36.7 Å². The van der Waals surface area contributed by atoms with Crippen LogP contribution in [0, 0.1) is 6.92 Å². The number of rotatable bonds is 2. The normalized spacial score (nSPS) is 11.6. The first kappa shape index (κ1) is 13.8. The van der Waals surface area contributed by atoms with Crippen LogP contribution in [0.3, 0.4) is 0 Å². The van der Waals surface area contributed by atoms with E-state index in [1.165, 1.54) is 22.3 Å². The molecule has 0 bridgehead atoms. The molecule has 0 spiro atoms. The lowest BCUT2D eigenvalue weighted by molar-refractivity contribution is 0.590. The number of nitrogens with two attached hydrogens (primary N) is 1. The van der Waals surface area contributed by atoms with Gasteiger partial charge in [-0.15, -0.1) is 0 Å². The second-order valence-electron chi connectivity index (χ2n) is 6.02. The second kappa shape index (κ2) is 5.14. The van der Waals surface area contributed by atoms with Crippen molar-refractivity contribution < 1.29 is 0 Å². The molecule has 2 rings (SSSR count). The molecular formula is C17H22N2. The van der Waals surface area contributed by atoms with Gasteiger partial charge in [0.05, 0.1) is 0 Å². The molecule has 0 fully saturated rings. The molecule has 2 nitrogen and oxygen atoms in total. The molecule has 2 aromatic rings. The Morgan fingerprint density at radius 2 is 1.84 bits per heavy atom. The Bertz CT molecular complexity index is 580. The van der Waals surface area contributed by atoms with E-state index < -0.39 is 0 Å². The van der Waals surface area contributed by atoms with Gasteiger partial charge in [-0.05, 0) is 46.2 Å². The highest BCUT2D eigenvalue weighted by Gasteiger charge is 2.16. The molecule has 0 saturated carbocycles. The highest BCUT2D eigenvalue weighted by molar-refractivity contribution is 5.71. The number of aromatic nitrogens is 1. The maximum absolute atomic E-state index is 5.82. The average Bonchev–Trinajstić information content (AvgIpc) is 2.38. The summed E-state index contributed by atoms with van der Waals surface area (Å²) in [5.41, 5.74) is 12.1. The number of hydrogen-bond acceptors (Lipinski definition) is 2. The Morgan fingerprint density at radius 3 is 2.47 bits per heavy atom. The van der Waals surface area contributed by atoms with E-state index in [4.69, 9.17) is 5.73 Å². The molecule has 2 N–H and O–H groups in total. The Labute approximate surface area is 115 Å². The molecule has 0 aliphatic heterocycles. The molecule has 0 aliphatic rings. The molecule has 1 heterocycles. The van der Waals surface area contributed by atoms with Crippen LogP contribution >= 0.6 is 0 Å². The highest BCUT2D eigenvalue weighted by Crippen LogP contribution is 2.31. The first-order valence-corrected chi connectivity index (χ1v) is 6.68. The van der Waals surface area contributed by atoms with Crippen LogP contribution in [-0.2, 0) is 12.0 Å². The zero-order valence-corrected chi connectivity index (χ0v) is 12.2. The number of benzene rings is 1. The SMILES string of the molecule is Cc1ccc(C(C)(C)C)cc1-c1ccncc1CN. The first-order valence-electron chi connectivity index (χ1n) is 6.68. The van der Waals surface area contributed by atoms with Crippen LogP contribution in [0.25, 0.3) is 11.1 Å². The Kier molecular flexibility index (Phi) is 3.72. The van der Waals surface area contributed by atoms with Gasteiger partial charge in [-0.1, -0.05) is 39.0 Å². The maximum atomic E-state index is 5.82. The highest BCUT2D eigenvalue weighted by atomic mass is 14.6. The molecule has 0 saturated heterocycles. The molecule has 0 atom stereocenters. The van der Waals surface area contributed by atoms with E-state index in [1.54, 1.807) is 0 Å². The van der Waals surface area contributed by atoms with Crippen molar-refractivity contribution in [2.24, 2.45) is 5.73 Å². The third-order valence-electron chi connectivity index (χ3n) is 3.52. The van der Waals surface area contributed by atoms with E-state index >= 15 is 0 Å². The monoisotopic (exact) mass is 254 g/mol. The third kappa shape index (κ3) is 2.85. The van der Waals surface area contributed by atoms with Crippen LogP contribution < -0.4 is 5.73 Å². The van der Waals surface area contributed by atoms with E-state index in [0.29, 0.717) is 6.54 Å². The van der Waals surface area contributed by atoms with Gasteiger partial charge in [0.25, 0.3) is 0 Å². The topological polar surface area (TPSA) is 38.9 Å². The van der Waals surface area contributed by atoms with Gasteiger partial charge in [0, 0.05) is 18.9 Å². The number of pyridine rings is 1. The standard InChI is InChI=1S/C17H22N2/c1-12-5-6-14(17(2,3)4)9-16(12)15-7-8-19-11-13(15)10-18/h5-9,11H,10,18H2,1-4H3. The summed E-state index contributed by atoms with van der Waals surface area (Å²) >= 11 is 0. The van der Waals surface area contributed by atoms with E-state index in [0.717, 1.165) is 5.56 Å². The van der Waals surface area contributed by atoms with Crippen LogP contribution in [0.4, 0.5) is 0 Å². The minimum Gasteiger partial charge on any atom is -0.326 e. The van der Waals surface area contributed by atoms with Gasteiger partial charge >= 0.3 is 0 Å². The number of nitrogens with zero attached hydrogens (tertiary/aromatic N) is 1. The van der Waals surface area contributed by atoms with Crippen molar-refractivity contribution >= 4 is 0 Å². The van der Waals surface area contributed by atoms with E-state index in [1.807, 2.05) is 12.4 Å². The van der Waals surface area contributed by atoms with Crippen molar-refractivity contribution in [1.29, 1.82) is 0 Å². The maximum Gasteiger partial charge on any atom is 0.0318 e. The minimum atomic E-state index is 0.151. The molecule has 0 aliphatic carbocycles. The van der Waals surface area contributed by atoms with Crippen molar-refractivity contribution in [2.45, 2.75) is 39.7 Å². The summed E-state index contributed by atoms with van der Waals surface area (Å²) in [5, 5.41) is 0. The van der Waals surface area contributed by atoms with Gasteiger partial charge in [-0.3, -0.25) is 4.98 Å². The van der Waals surface area contributed by atoms with Gasteiger partial charge in [-0.25, -0.2) is 0 Å². The van der Waals surface area contributed by atoms with Crippen molar-refractivity contribution in [3.63, 3.8) is 0 Å². The first-order chi connectivity index (χ1) is 8.93. The fraction of sp³-hybridized carbons (Fsp3) is 0.353. The zero-order chi connectivity index (χ0) is 14.0. The second-order valence-corrected chi connectivity index (χ2v) is 6.02. The average molecular weight is 254 g/mol. The van der Waals surface area contributed by atoms with E-state index in [9.17, 15) is 0 Å². The van der Waals surface area contributed by atoms with Crippen molar-refractivity contribution in [2.75, 3.05) is 0 Å². The fourth-order valence-electron chi connectivity index (χ4n) is 2.23. The lowest BCUT2D eigenvalue weighted by atomic mass is 9.84. The van der Waals surface area contributed by atoms with Gasteiger partial charge in [0.15, 0.2) is 0 Å². The van der Waals surface area contributed by atoms with Crippen LogP contribution in [-0.4, -0.2) is 4.98 Å². The lowest BCUT2D eigenvalue weighted by Crippen LogP contribution is -2.11. The van der Waals surface area contributed by atoms with Crippen molar-refractivity contribution in [1.82, 2.24) is 4.98 Å². The lowest BCUT2D eigenvalue weighted by Gasteiger charge is -2.21. The molecule has 100 valence electrons. The smallest absolute Gasteiger partial charge is 0.0318 e. The van der Waals surface area contributed by atoms with Crippen molar-refractivity contribution in [3.8, 4) is 11.1 Å². The predicted molar refractivity (Wildman–Crippen MR) is 81.0 cm³/mol. The van der Waals surface area contributed by atoms with E-state index in [-0.39, 0.29) is 5.41 Å². The van der Waals surface area contributed by atoms with Gasteiger partial charge in [-0.2, -0.15) is 0 Å². The van der Waals surface area contributed by atoms with Gasteiger partial charge < -0.3 is 5.73 Å². The minimum absolute atomic E-state index is 0.151. The van der Waals surface area contributed by atoms with Crippen molar-refractivity contribution in [3.05, 3.63) is 53.3 Å². The largest absolute Gasteiger partial charge is 0.326 e. The van der Waals surface area contributed by atoms with Gasteiger partial charge in [0.1, 0.15) is 0 Å². The Hall–Kier alpha value is -1.67. The molecule has 0 amide bonds. The Balaban J connectivity index is 2.61. The van der Waals surface area contributed by atoms with E-state index in [2.05, 4.69) is 56.9 Å². The van der Waals surface area contributed by atoms with Gasteiger partial charge in [0.2, 0.25) is 0 Å². The summed E-state index contributed by atoms with van der Waals surface area (Å²) in [6, 6.07) is 8.74. The summed E-state index contributed by atoms with van der Waals surface area (Å²) in [4.78, 5) is 4.16. The van der Waals surface area contributed by atoms with Crippen LogP contribution in [0.1, 0.15) is 37.5 Å². The third-order valence-corrected chi connectivity index (χ3v) is 3.52. The quantitative estimate of drug-likeness (QED) is 0.885. The summed E-state index contributed by atoms with van der Waals surface area (Å²) in [6.45, 7) is 9.36. The molecule has 1 aromatic carbocycles. The van der Waals surface area contributed by atoms with Crippen LogP contribution in [0.2, 0.25) is 0 Å². The predicted octanol–water partition coefficient (Wildman–Crippen LogP) is 3.81. The zero-order valence-electron chi connectivity index (χ0n) is 12.2. The molecule has 0 unspecified atom stereocenters. The molecule has 19 heavy (non-hydrogen) atoms. The fourth-order valence-corrected chi connectivity index (χ4v) is 2.23. The summed E-state index contributed by atoms with van der Waals surface area (Å²) in [7, 11) is 0. The molecule has 2 heteroatoms. The molecular weight excluding hydrogens is 232 g/mol. The van der Waals surface area contributed by atoms with Crippen LogP contribution in [0.5, 0.6) is 0 Å². The molecule has 1 aromatic heterocycles. The summed E-state index contributed by atoms with van der Waals surface area (Å²) in [5.74, 6) is 0. The number of hydrogen-bond donors (Lipinski definition) is 1. The number of aryl methyl sites for hydroxylation is 1. The molecule has 0 radical (unpaired) electrons. The Morgan fingerprint density at radius 1 is 1.11 bits per heavy atom. The summed E-state index contributed by atoms with van der Waals surface area (Å²) in [6.07, 6.45) is 3.69.